The second-order valence-electron chi connectivity index (χ2n) is 8.41. The number of pyridine rings is 1. The van der Waals surface area contributed by atoms with Gasteiger partial charge in [0, 0.05) is 33.5 Å². The van der Waals surface area contributed by atoms with Crippen LogP contribution in [0, 0.1) is 5.92 Å². The third-order valence-electron chi connectivity index (χ3n) is 6.16. The summed E-state index contributed by atoms with van der Waals surface area (Å²) in [5.74, 6) is 1.71. The molecule has 0 atom stereocenters. The Bertz CT molecular complexity index is 1280. The lowest BCUT2D eigenvalue weighted by molar-refractivity contribution is 0.0937. The Labute approximate surface area is 201 Å². The molecule has 0 spiro atoms. The van der Waals surface area contributed by atoms with E-state index in [-0.39, 0.29) is 11.8 Å². The molecule has 6 nitrogen and oxygen atoms in total. The topological polar surface area (TPSA) is 80.9 Å². The highest BCUT2D eigenvalue weighted by Crippen LogP contribution is 2.36. The van der Waals surface area contributed by atoms with Crippen molar-refractivity contribution in [2.45, 2.75) is 31.6 Å². The minimum absolute atomic E-state index is 0.154. The number of carbonyl (C=O) groups excluding carboxylic acids is 1. The quantitative estimate of drug-likeness (QED) is 0.362. The molecule has 1 saturated carbocycles. The summed E-state index contributed by atoms with van der Waals surface area (Å²) in [6.45, 7) is 0.631. The zero-order valence-electron chi connectivity index (χ0n) is 17.8. The maximum absolute atomic E-state index is 12.6. The van der Waals surface area contributed by atoms with Crippen molar-refractivity contribution in [1.29, 1.82) is 0 Å². The van der Waals surface area contributed by atoms with Crippen LogP contribution in [0.15, 0.2) is 59.0 Å². The van der Waals surface area contributed by atoms with Gasteiger partial charge in [-0.15, -0.1) is 10.2 Å². The number of nitrogens with one attached hydrogen (secondary N) is 1. The summed E-state index contributed by atoms with van der Waals surface area (Å²) in [4.78, 5) is 17.1. The number of amides is 1. The summed E-state index contributed by atoms with van der Waals surface area (Å²) in [5.41, 5.74) is 2.03. The molecule has 0 bridgehead atoms. The fraction of sp³-hybridized carbons (Fsp3) is 0.280. The second-order valence-corrected chi connectivity index (χ2v) is 9.29. The fourth-order valence-electron chi connectivity index (χ4n) is 4.27. The van der Waals surface area contributed by atoms with Crippen LogP contribution in [-0.4, -0.2) is 27.6 Å². The van der Waals surface area contributed by atoms with Crippen molar-refractivity contribution in [3.8, 4) is 11.5 Å². The lowest BCUT2D eigenvalue weighted by Gasteiger charge is -2.26. The highest BCUT2D eigenvalue weighted by molar-refractivity contribution is 6.31. The van der Waals surface area contributed by atoms with Crippen LogP contribution in [0.2, 0.25) is 10.0 Å². The van der Waals surface area contributed by atoms with Crippen LogP contribution in [0.1, 0.15) is 48.0 Å². The monoisotopic (exact) mass is 480 g/mol. The van der Waals surface area contributed by atoms with E-state index in [0.717, 1.165) is 42.1 Å². The number of halogens is 2. The van der Waals surface area contributed by atoms with Gasteiger partial charge in [-0.3, -0.25) is 4.79 Å². The second kappa shape index (κ2) is 9.49. The molecule has 5 rings (SSSR count). The summed E-state index contributed by atoms with van der Waals surface area (Å²) >= 11 is 12.0. The van der Waals surface area contributed by atoms with Crippen LogP contribution < -0.4 is 5.32 Å². The van der Waals surface area contributed by atoms with Crippen LogP contribution in [0.5, 0.6) is 0 Å². The minimum Gasteiger partial charge on any atom is -0.420 e. The highest BCUT2D eigenvalue weighted by atomic mass is 35.5. The van der Waals surface area contributed by atoms with E-state index in [1.807, 2.05) is 42.5 Å². The van der Waals surface area contributed by atoms with Gasteiger partial charge in [0.2, 0.25) is 11.8 Å². The lowest BCUT2D eigenvalue weighted by atomic mass is 9.82. The molecule has 1 aliphatic carbocycles. The van der Waals surface area contributed by atoms with E-state index in [1.54, 1.807) is 12.1 Å². The molecule has 168 valence electrons. The molecule has 2 aromatic carbocycles. The van der Waals surface area contributed by atoms with E-state index in [0.29, 0.717) is 40.0 Å². The summed E-state index contributed by atoms with van der Waals surface area (Å²) < 4.78 is 5.93. The zero-order chi connectivity index (χ0) is 22.8. The molecule has 4 aromatic rings. The van der Waals surface area contributed by atoms with Crippen molar-refractivity contribution in [3.63, 3.8) is 0 Å². The summed E-state index contributed by atoms with van der Waals surface area (Å²) in [6.07, 6.45) is 3.90. The number of hydrogen-bond donors (Lipinski definition) is 1. The maximum Gasteiger partial charge on any atom is 0.269 e. The Hall–Kier alpha value is -2.96. The van der Waals surface area contributed by atoms with E-state index in [1.165, 1.54) is 0 Å². The first-order chi connectivity index (χ1) is 16.0. The van der Waals surface area contributed by atoms with E-state index in [4.69, 9.17) is 27.6 Å². The largest absolute Gasteiger partial charge is 0.420 e. The standard InChI is InChI=1S/C25H22Cl2N4O2/c26-19-8-5-17(6-9-19)25-31-30-24(33-25)16-3-1-15(2-4-16)14-28-23(32)22-11-7-18-13-20(27)10-12-21(18)29-22/h5-13,15-16H,1-4,14H2,(H,28,32)/t15-,16-. The first-order valence-corrected chi connectivity index (χ1v) is 11.7. The number of nitrogens with zero attached hydrogens (tertiary/aromatic N) is 3. The Morgan fingerprint density at radius 1 is 0.939 bits per heavy atom. The first-order valence-electron chi connectivity index (χ1n) is 11.0. The van der Waals surface area contributed by atoms with E-state index >= 15 is 0 Å². The van der Waals surface area contributed by atoms with E-state index < -0.39 is 0 Å². The van der Waals surface area contributed by atoms with Gasteiger partial charge in [0.25, 0.3) is 5.91 Å². The van der Waals surface area contributed by atoms with Gasteiger partial charge in [0.05, 0.1) is 5.52 Å². The first kappa shape index (κ1) is 21.9. The predicted molar refractivity (Wildman–Crippen MR) is 129 cm³/mol. The van der Waals surface area contributed by atoms with Gasteiger partial charge in [-0.2, -0.15) is 0 Å². The molecule has 0 radical (unpaired) electrons. The molecule has 0 aliphatic heterocycles. The average molecular weight is 481 g/mol. The molecular weight excluding hydrogens is 459 g/mol. The fourth-order valence-corrected chi connectivity index (χ4v) is 4.58. The highest BCUT2D eigenvalue weighted by Gasteiger charge is 2.27. The predicted octanol–water partition coefficient (Wildman–Crippen LogP) is 6.30. The van der Waals surface area contributed by atoms with Gasteiger partial charge in [0.15, 0.2) is 0 Å². The number of benzene rings is 2. The molecule has 1 amide bonds. The summed E-state index contributed by atoms with van der Waals surface area (Å²) in [7, 11) is 0. The van der Waals surface area contributed by atoms with Gasteiger partial charge in [-0.25, -0.2) is 4.98 Å². The van der Waals surface area contributed by atoms with Crippen LogP contribution >= 0.6 is 23.2 Å². The van der Waals surface area contributed by atoms with Crippen molar-refractivity contribution in [1.82, 2.24) is 20.5 Å². The van der Waals surface area contributed by atoms with Crippen molar-refractivity contribution in [3.05, 3.63) is 76.2 Å². The van der Waals surface area contributed by atoms with E-state index in [9.17, 15) is 4.79 Å². The van der Waals surface area contributed by atoms with Crippen LogP contribution in [-0.2, 0) is 0 Å². The summed E-state index contributed by atoms with van der Waals surface area (Å²) in [6, 6.07) is 16.4. The normalized spacial score (nSPS) is 18.4. The SMILES string of the molecule is O=C(NC[C@H]1CC[C@H](c2nnc(-c3ccc(Cl)cc3)o2)CC1)c1ccc2cc(Cl)ccc2n1. The van der Waals surface area contributed by atoms with E-state index in [2.05, 4.69) is 20.5 Å². The third-order valence-corrected chi connectivity index (χ3v) is 6.65. The molecule has 0 unspecified atom stereocenters. The zero-order valence-corrected chi connectivity index (χ0v) is 19.3. The Balaban J connectivity index is 1.14. The van der Waals surface area contributed by atoms with Gasteiger partial charge in [0.1, 0.15) is 5.69 Å². The van der Waals surface area contributed by atoms with Crippen molar-refractivity contribution in [2.75, 3.05) is 6.54 Å². The molecule has 1 N–H and O–H groups in total. The van der Waals surface area contributed by atoms with Gasteiger partial charge in [-0.1, -0.05) is 29.3 Å². The average Bonchev–Trinajstić information content (AvgIpc) is 3.33. The molecular formula is C25H22Cl2N4O2. The van der Waals surface area contributed by atoms with Gasteiger partial charge in [-0.05, 0) is 80.1 Å². The number of fused-ring (bicyclic) bond motifs is 1. The number of rotatable bonds is 5. The molecule has 8 heteroatoms. The maximum atomic E-state index is 12.6. The van der Waals surface area contributed by atoms with Crippen molar-refractivity contribution < 1.29 is 9.21 Å². The number of carbonyl (C=O) groups is 1. The van der Waals surface area contributed by atoms with Crippen molar-refractivity contribution >= 4 is 40.0 Å². The molecule has 0 saturated heterocycles. The Morgan fingerprint density at radius 2 is 1.70 bits per heavy atom. The van der Waals surface area contributed by atoms with Crippen molar-refractivity contribution in [2.24, 2.45) is 5.92 Å². The smallest absolute Gasteiger partial charge is 0.269 e. The molecule has 1 fully saturated rings. The number of aromatic nitrogens is 3. The summed E-state index contributed by atoms with van der Waals surface area (Å²) in [5, 5.41) is 13.7. The molecule has 2 aromatic heterocycles. The van der Waals surface area contributed by atoms with Crippen LogP contribution in [0.4, 0.5) is 0 Å². The van der Waals surface area contributed by atoms with Crippen LogP contribution in [0.25, 0.3) is 22.4 Å². The van der Waals surface area contributed by atoms with Gasteiger partial charge < -0.3 is 9.73 Å². The Kier molecular flexibility index (Phi) is 6.29. The van der Waals surface area contributed by atoms with Gasteiger partial charge >= 0.3 is 0 Å². The minimum atomic E-state index is -0.154. The third kappa shape index (κ3) is 5.02. The lowest BCUT2D eigenvalue weighted by Crippen LogP contribution is -2.31. The molecule has 2 heterocycles. The number of hydrogen-bond acceptors (Lipinski definition) is 5. The Morgan fingerprint density at radius 3 is 2.48 bits per heavy atom. The van der Waals surface area contributed by atoms with Crippen LogP contribution in [0.3, 0.4) is 0 Å². The molecule has 1 aliphatic rings. The molecule has 33 heavy (non-hydrogen) atoms.